The lowest BCUT2D eigenvalue weighted by atomic mass is 10.1. The van der Waals surface area contributed by atoms with Crippen molar-refractivity contribution in [1.29, 1.82) is 0 Å². The minimum absolute atomic E-state index is 0.0772. The average molecular weight is 322 g/mol. The molecule has 2 aromatic rings. The van der Waals surface area contributed by atoms with Gasteiger partial charge in [0.05, 0.1) is 6.42 Å². The molecule has 1 N–H and O–H groups in total. The monoisotopic (exact) mass is 321 g/mol. The Labute approximate surface area is 119 Å². The lowest BCUT2D eigenvalue weighted by Crippen LogP contribution is -2.24. The summed E-state index contributed by atoms with van der Waals surface area (Å²) in [5.41, 5.74) is 1.70. The van der Waals surface area contributed by atoms with Gasteiger partial charge in [-0.3, -0.25) is 4.79 Å². The molecule has 19 heavy (non-hydrogen) atoms. The Hall–Kier alpha value is -1.68. The van der Waals surface area contributed by atoms with Gasteiger partial charge < -0.3 is 5.32 Å². The average Bonchev–Trinajstić information content (AvgIpc) is 2.39. The van der Waals surface area contributed by atoms with Crippen molar-refractivity contribution in [3.8, 4) is 0 Å². The normalized spacial score (nSPS) is 10.2. The van der Waals surface area contributed by atoms with Gasteiger partial charge >= 0.3 is 0 Å². The zero-order valence-corrected chi connectivity index (χ0v) is 11.8. The van der Waals surface area contributed by atoms with Crippen LogP contribution in [-0.2, 0) is 17.8 Å². The molecular formula is C15H13BrFNO. The van der Waals surface area contributed by atoms with E-state index in [9.17, 15) is 9.18 Å². The highest BCUT2D eigenvalue weighted by Gasteiger charge is 2.03. The molecule has 2 nitrogen and oxygen atoms in total. The third-order valence-corrected chi connectivity index (χ3v) is 3.19. The second-order valence-corrected chi connectivity index (χ2v) is 5.13. The Balaban J connectivity index is 1.86. The van der Waals surface area contributed by atoms with Crippen molar-refractivity contribution in [1.82, 2.24) is 5.32 Å². The molecule has 0 saturated heterocycles. The highest BCUT2D eigenvalue weighted by molar-refractivity contribution is 9.10. The maximum atomic E-state index is 13.0. The molecule has 0 radical (unpaired) electrons. The van der Waals surface area contributed by atoms with E-state index in [4.69, 9.17) is 0 Å². The first-order valence-electron chi connectivity index (χ1n) is 5.89. The summed E-state index contributed by atoms with van der Waals surface area (Å²) in [6.45, 7) is 0.340. The molecule has 2 aromatic carbocycles. The minimum atomic E-state index is -0.292. The Bertz CT molecular complexity index is 569. The number of hydrogen-bond donors (Lipinski definition) is 1. The fourth-order valence-corrected chi connectivity index (χ4v) is 1.96. The molecule has 0 saturated carbocycles. The molecule has 0 aromatic heterocycles. The van der Waals surface area contributed by atoms with Crippen LogP contribution in [0.4, 0.5) is 4.39 Å². The third kappa shape index (κ3) is 4.48. The summed E-state index contributed by atoms with van der Waals surface area (Å²) in [6.07, 6.45) is 0.322. The molecule has 98 valence electrons. The molecule has 0 spiro atoms. The van der Waals surface area contributed by atoms with Gasteiger partial charge in [-0.15, -0.1) is 0 Å². The van der Waals surface area contributed by atoms with E-state index in [2.05, 4.69) is 21.2 Å². The number of benzene rings is 2. The van der Waals surface area contributed by atoms with Crippen LogP contribution in [0.2, 0.25) is 0 Å². The Kier molecular flexibility index (Phi) is 4.68. The molecule has 1 amide bonds. The quantitative estimate of drug-likeness (QED) is 0.918. The van der Waals surface area contributed by atoms with E-state index in [-0.39, 0.29) is 11.7 Å². The van der Waals surface area contributed by atoms with Crippen LogP contribution < -0.4 is 5.32 Å². The van der Waals surface area contributed by atoms with E-state index in [0.29, 0.717) is 13.0 Å². The van der Waals surface area contributed by atoms with Crippen LogP contribution in [0.1, 0.15) is 11.1 Å². The largest absolute Gasteiger partial charge is 0.352 e. The van der Waals surface area contributed by atoms with Gasteiger partial charge in [-0.1, -0.05) is 40.2 Å². The Morgan fingerprint density at radius 1 is 1.11 bits per heavy atom. The van der Waals surface area contributed by atoms with Crippen LogP contribution in [0.25, 0.3) is 0 Å². The fourth-order valence-electron chi connectivity index (χ4n) is 1.70. The van der Waals surface area contributed by atoms with Gasteiger partial charge in [0.2, 0.25) is 5.91 Å². The molecular weight excluding hydrogens is 309 g/mol. The van der Waals surface area contributed by atoms with E-state index < -0.39 is 0 Å². The number of amides is 1. The van der Waals surface area contributed by atoms with Gasteiger partial charge in [0.1, 0.15) is 5.82 Å². The highest BCUT2D eigenvalue weighted by Crippen LogP contribution is 2.11. The summed E-state index contributed by atoms with van der Waals surface area (Å²) < 4.78 is 13.9. The Morgan fingerprint density at radius 2 is 1.84 bits per heavy atom. The second-order valence-electron chi connectivity index (χ2n) is 4.21. The van der Waals surface area contributed by atoms with Gasteiger partial charge in [-0.2, -0.15) is 0 Å². The van der Waals surface area contributed by atoms with Crippen molar-refractivity contribution in [2.24, 2.45) is 0 Å². The van der Waals surface area contributed by atoms with Gasteiger partial charge in [-0.05, 0) is 35.4 Å². The van der Waals surface area contributed by atoms with Crippen molar-refractivity contribution in [3.05, 3.63) is 69.9 Å². The maximum absolute atomic E-state index is 13.0. The molecule has 0 bridgehead atoms. The van der Waals surface area contributed by atoms with Crippen LogP contribution in [0, 0.1) is 5.82 Å². The molecule has 0 atom stereocenters. The maximum Gasteiger partial charge on any atom is 0.224 e. The first kappa shape index (κ1) is 13.7. The van der Waals surface area contributed by atoms with Crippen molar-refractivity contribution >= 4 is 21.8 Å². The van der Waals surface area contributed by atoms with Gasteiger partial charge in [0, 0.05) is 11.0 Å². The van der Waals surface area contributed by atoms with E-state index in [1.54, 1.807) is 12.1 Å². The molecule has 0 heterocycles. The third-order valence-electron chi connectivity index (χ3n) is 2.66. The molecule has 0 fully saturated rings. The fraction of sp³-hybridized carbons (Fsp3) is 0.133. The van der Waals surface area contributed by atoms with E-state index >= 15 is 0 Å². The standard InChI is InChI=1S/C15H13BrFNO/c16-13-6-4-11(5-7-13)9-15(19)18-10-12-2-1-3-14(17)8-12/h1-8H,9-10H2,(H,18,19). The van der Waals surface area contributed by atoms with Crippen molar-refractivity contribution < 1.29 is 9.18 Å². The number of halogens is 2. The van der Waals surface area contributed by atoms with Crippen molar-refractivity contribution in [3.63, 3.8) is 0 Å². The van der Waals surface area contributed by atoms with Gasteiger partial charge in [0.25, 0.3) is 0 Å². The van der Waals surface area contributed by atoms with E-state index in [1.807, 2.05) is 24.3 Å². The molecule has 4 heteroatoms. The lowest BCUT2D eigenvalue weighted by Gasteiger charge is -2.06. The van der Waals surface area contributed by atoms with E-state index in [1.165, 1.54) is 12.1 Å². The van der Waals surface area contributed by atoms with Gasteiger partial charge in [-0.25, -0.2) is 4.39 Å². The van der Waals surface area contributed by atoms with Crippen LogP contribution >= 0.6 is 15.9 Å². The van der Waals surface area contributed by atoms with Crippen LogP contribution in [0.3, 0.4) is 0 Å². The highest BCUT2D eigenvalue weighted by atomic mass is 79.9. The summed E-state index contributed by atoms with van der Waals surface area (Å²) >= 11 is 3.34. The molecule has 2 rings (SSSR count). The predicted molar refractivity (Wildman–Crippen MR) is 76.1 cm³/mol. The van der Waals surface area contributed by atoms with Crippen LogP contribution in [-0.4, -0.2) is 5.91 Å². The number of hydrogen-bond acceptors (Lipinski definition) is 1. The number of nitrogens with one attached hydrogen (secondary N) is 1. The van der Waals surface area contributed by atoms with Crippen molar-refractivity contribution in [2.45, 2.75) is 13.0 Å². The van der Waals surface area contributed by atoms with Crippen molar-refractivity contribution in [2.75, 3.05) is 0 Å². The first-order valence-corrected chi connectivity index (χ1v) is 6.68. The summed E-state index contributed by atoms with van der Waals surface area (Å²) in [7, 11) is 0. The topological polar surface area (TPSA) is 29.1 Å². The molecule has 0 unspecified atom stereocenters. The number of rotatable bonds is 4. The Morgan fingerprint density at radius 3 is 2.53 bits per heavy atom. The zero-order chi connectivity index (χ0) is 13.7. The lowest BCUT2D eigenvalue weighted by molar-refractivity contribution is -0.120. The summed E-state index contributed by atoms with van der Waals surface area (Å²) in [5, 5.41) is 2.77. The smallest absolute Gasteiger partial charge is 0.224 e. The second kappa shape index (κ2) is 6.48. The molecule has 0 aliphatic rings. The summed E-state index contributed by atoms with van der Waals surface area (Å²) in [5.74, 6) is -0.369. The van der Waals surface area contributed by atoms with Crippen LogP contribution in [0.15, 0.2) is 53.0 Å². The zero-order valence-electron chi connectivity index (χ0n) is 10.2. The molecule has 0 aliphatic carbocycles. The summed E-state index contributed by atoms with van der Waals surface area (Å²) in [4.78, 5) is 11.7. The SMILES string of the molecule is O=C(Cc1ccc(Br)cc1)NCc1cccc(F)c1. The van der Waals surface area contributed by atoms with Gasteiger partial charge in [0.15, 0.2) is 0 Å². The summed E-state index contributed by atoms with van der Waals surface area (Å²) in [6, 6.07) is 13.8. The first-order chi connectivity index (χ1) is 9.13. The number of carbonyl (C=O) groups excluding carboxylic acids is 1. The molecule has 0 aliphatic heterocycles. The predicted octanol–water partition coefficient (Wildman–Crippen LogP) is 3.45. The minimum Gasteiger partial charge on any atom is -0.352 e. The number of carbonyl (C=O) groups is 1. The van der Waals surface area contributed by atoms with E-state index in [0.717, 1.165) is 15.6 Å². The van der Waals surface area contributed by atoms with Crippen LogP contribution in [0.5, 0.6) is 0 Å².